The Morgan fingerprint density at radius 3 is 2.64 bits per heavy atom. The van der Waals surface area contributed by atoms with E-state index in [4.69, 9.17) is 14.6 Å². The van der Waals surface area contributed by atoms with Crippen molar-refractivity contribution >= 4 is 23.6 Å². The lowest BCUT2D eigenvalue weighted by molar-refractivity contribution is -0.139. The Labute approximate surface area is 134 Å². The van der Waals surface area contributed by atoms with Gasteiger partial charge in [-0.3, -0.25) is 4.79 Å². The minimum Gasteiger partial charge on any atom is -0.493 e. The van der Waals surface area contributed by atoms with Crippen LogP contribution in [0.5, 0.6) is 11.5 Å². The summed E-state index contributed by atoms with van der Waals surface area (Å²) in [5.74, 6) is 0.145. The maximum absolute atomic E-state index is 12.2. The number of carbonyl (C=O) groups is 2. The van der Waals surface area contributed by atoms with Crippen molar-refractivity contribution < 1.29 is 24.2 Å². The second kappa shape index (κ2) is 9.19. The molecule has 0 bridgehead atoms. The average molecular weight is 327 g/mol. The molecule has 1 atom stereocenters. The zero-order chi connectivity index (χ0) is 16.5. The molecule has 0 aliphatic carbocycles. The van der Waals surface area contributed by atoms with Gasteiger partial charge in [-0.15, -0.1) is 0 Å². The van der Waals surface area contributed by atoms with Crippen LogP contribution < -0.4 is 14.8 Å². The summed E-state index contributed by atoms with van der Waals surface area (Å²) in [4.78, 5) is 23.4. The number of methoxy groups -OCH3 is 1. The summed E-state index contributed by atoms with van der Waals surface area (Å²) in [6, 6.07) is 3.84. The number of hydrogen-bond donors (Lipinski definition) is 2. The molecule has 0 aliphatic rings. The van der Waals surface area contributed by atoms with Crippen LogP contribution in [0.25, 0.3) is 0 Å². The Hall–Kier alpha value is -1.89. The molecule has 0 aromatic heterocycles. The van der Waals surface area contributed by atoms with Gasteiger partial charge in [-0.2, -0.15) is 11.8 Å². The Balaban J connectivity index is 2.87. The largest absolute Gasteiger partial charge is 0.493 e. The first-order chi connectivity index (χ1) is 10.5. The van der Waals surface area contributed by atoms with Crippen LogP contribution in [0.1, 0.15) is 23.7 Å². The van der Waals surface area contributed by atoms with Gasteiger partial charge in [0.2, 0.25) is 0 Å². The zero-order valence-electron chi connectivity index (χ0n) is 12.9. The summed E-state index contributed by atoms with van der Waals surface area (Å²) >= 11 is 1.53. The molecule has 0 fully saturated rings. The van der Waals surface area contributed by atoms with E-state index in [2.05, 4.69) is 5.32 Å². The fourth-order valence-corrected chi connectivity index (χ4v) is 2.29. The van der Waals surface area contributed by atoms with Crippen LogP contribution in [0.15, 0.2) is 18.2 Å². The van der Waals surface area contributed by atoms with Gasteiger partial charge < -0.3 is 19.9 Å². The number of hydrogen-bond acceptors (Lipinski definition) is 5. The van der Waals surface area contributed by atoms with Gasteiger partial charge >= 0.3 is 5.97 Å². The van der Waals surface area contributed by atoms with Gasteiger partial charge in [-0.25, -0.2) is 4.79 Å². The van der Waals surface area contributed by atoms with Gasteiger partial charge in [-0.05, 0) is 43.6 Å². The molecule has 1 amide bonds. The number of carboxylic acid groups (broad SMARTS) is 1. The minimum atomic E-state index is -1.04. The SMILES string of the molecule is CCOc1cc(C(=O)NC(CCSC)C(=O)O)ccc1OC. The summed E-state index contributed by atoms with van der Waals surface area (Å²) in [5.41, 5.74) is 0.333. The van der Waals surface area contributed by atoms with E-state index < -0.39 is 17.9 Å². The number of nitrogens with one attached hydrogen (secondary N) is 1. The Morgan fingerprint density at radius 2 is 2.09 bits per heavy atom. The fraction of sp³-hybridized carbons (Fsp3) is 0.467. The summed E-state index contributed by atoms with van der Waals surface area (Å²) in [6.07, 6.45) is 2.26. The van der Waals surface area contributed by atoms with Crippen LogP contribution in [0.3, 0.4) is 0 Å². The molecule has 2 N–H and O–H groups in total. The van der Waals surface area contributed by atoms with Gasteiger partial charge in [-0.1, -0.05) is 0 Å². The first-order valence-corrected chi connectivity index (χ1v) is 8.26. The summed E-state index contributed by atoms with van der Waals surface area (Å²) in [5, 5.41) is 11.7. The highest BCUT2D eigenvalue weighted by Gasteiger charge is 2.21. The first-order valence-electron chi connectivity index (χ1n) is 6.86. The Bertz CT molecular complexity index is 521. The van der Waals surface area contributed by atoms with Crippen molar-refractivity contribution in [2.75, 3.05) is 25.7 Å². The predicted molar refractivity (Wildman–Crippen MR) is 86.1 cm³/mol. The fourth-order valence-electron chi connectivity index (χ4n) is 1.82. The van der Waals surface area contributed by atoms with Crippen molar-refractivity contribution in [2.24, 2.45) is 0 Å². The van der Waals surface area contributed by atoms with Crippen molar-refractivity contribution in [1.29, 1.82) is 0 Å². The number of ether oxygens (including phenoxy) is 2. The van der Waals surface area contributed by atoms with Crippen molar-refractivity contribution in [3.05, 3.63) is 23.8 Å². The highest BCUT2D eigenvalue weighted by molar-refractivity contribution is 7.98. The molecule has 0 spiro atoms. The number of thioether (sulfide) groups is 1. The smallest absolute Gasteiger partial charge is 0.326 e. The number of carbonyl (C=O) groups excluding carboxylic acids is 1. The molecule has 0 saturated carbocycles. The van der Waals surface area contributed by atoms with E-state index in [9.17, 15) is 9.59 Å². The highest BCUT2D eigenvalue weighted by Crippen LogP contribution is 2.28. The summed E-state index contributed by atoms with van der Waals surface area (Å²) in [7, 11) is 1.51. The highest BCUT2D eigenvalue weighted by atomic mass is 32.2. The van der Waals surface area contributed by atoms with Crippen LogP contribution in [0.2, 0.25) is 0 Å². The molecule has 0 saturated heterocycles. The van der Waals surface area contributed by atoms with Gasteiger partial charge in [0.25, 0.3) is 5.91 Å². The van der Waals surface area contributed by atoms with Gasteiger partial charge in [0.1, 0.15) is 6.04 Å². The van der Waals surface area contributed by atoms with E-state index in [0.717, 1.165) is 0 Å². The van der Waals surface area contributed by atoms with Gasteiger partial charge in [0.05, 0.1) is 13.7 Å². The molecular formula is C15H21NO5S. The number of benzene rings is 1. The molecule has 6 nitrogen and oxygen atoms in total. The second-order valence-electron chi connectivity index (χ2n) is 4.44. The molecule has 1 aromatic rings. The number of rotatable bonds is 9. The third kappa shape index (κ3) is 5.14. The first kappa shape index (κ1) is 18.2. The van der Waals surface area contributed by atoms with Gasteiger partial charge in [0.15, 0.2) is 11.5 Å². The molecular weight excluding hydrogens is 306 g/mol. The standard InChI is InChI=1S/C15H21NO5S/c1-4-21-13-9-10(5-6-12(13)20-2)14(17)16-11(15(18)19)7-8-22-3/h5-6,9,11H,4,7-8H2,1-3H3,(H,16,17)(H,18,19). The number of carboxylic acids is 1. The zero-order valence-corrected chi connectivity index (χ0v) is 13.7. The van der Waals surface area contributed by atoms with Gasteiger partial charge in [0, 0.05) is 5.56 Å². The molecule has 0 aliphatic heterocycles. The molecule has 1 aromatic carbocycles. The normalized spacial score (nSPS) is 11.6. The van der Waals surface area contributed by atoms with Crippen LogP contribution in [0, 0.1) is 0 Å². The molecule has 1 rings (SSSR count). The van der Waals surface area contributed by atoms with E-state index in [1.165, 1.54) is 18.9 Å². The van der Waals surface area contributed by atoms with E-state index in [1.807, 2.05) is 13.2 Å². The molecule has 0 heterocycles. The maximum Gasteiger partial charge on any atom is 0.326 e. The molecule has 1 unspecified atom stereocenters. The minimum absolute atomic E-state index is 0.333. The van der Waals surface area contributed by atoms with Crippen LogP contribution in [-0.2, 0) is 4.79 Å². The third-order valence-corrected chi connectivity index (χ3v) is 3.58. The number of aliphatic carboxylic acids is 1. The van der Waals surface area contributed by atoms with E-state index in [-0.39, 0.29) is 0 Å². The third-order valence-electron chi connectivity index (χ3n) is 2.94. The number of amides is 1. The lowest BCUT2D eigenvalue weighted by Crippen LogP contribution is -2.41. The van der Waals surface area contributed by atoms with E-state index in [1.54, 1.807) is 18.2 Å². The molecule has 0 radical (unpaired) electrons. The van der Waals surface area contributed by atoms with E-state index in [0.29, 0.717) is 35.8 Å². The van der Waals surface area contributed by atoms with Crippen LogP contribution >= 0.6 is 11.8 Å². The molecule has 22 heavy (non-hydrogen) atoms. The van der Waals surface area contributed by atoms with Crippen LogP contribution in [-0.4, -0.2) is 48.8 Å². The van der Waals surface area contributed by atoms with Crippen LogP contribution in [0.4, 0.5) is 0 Å². The second-order valence-corrected chi connectivity index (χ2v) is 5.43. The predicted octanol–water partition coefficient (Wildman–Crippen LogP) is 2.03. The van der Waals surface area contributed by atoms with Crippen molar-refractivity contribution in [3.63, 3.8) is 0 Å². The summed E-state index contributed by atoms with van der Waals surface area (Å²) < 4.78 is 10.6. The Morgan fingerprint density at radius 1 is 1.36 bits per heavy atom. The lowest BCUT2D eigenvalue weighted by Gasteiger charge is -2.15. The Kier molecular flexibility index (Phi) is 7.59. The maximum atomic E-state index is 12.2. The topological polar surface area (TPSA) is 84.9 Å². The van der Waals surface area contributed by atoms with Crippen molar-refractivity contribution in [2.45, 2.75) is 19.4 Å². The molecule has 7 heteroatoms. The quantitative estimate of drug-likeness (QED) is 0.722. The average Bonchev–Trinajstić information content (AvgIpc) is 2.51. The van der Waals surface area contributed by atoms with E-state index >= 15 is 0 Å². The van der Waals surface area contributed by atoms with Crippen molar-refractivity contribution in [1.82, 2.24) is 5.32 Å². The van der Waals surface area contributed by atoms with Crippen molar-refractivity contribution in [3.8, 4) is 11.5 Å². The summed E-state index contributed by atoms with van der Waals surface area (Å²) in [6.45, 7) is 2.27. The molecule has 122 valence electrons. The monoisotopic (exact) mass is 327 g/mol. The lowest BCUT2D eigenvalue weighted by atomic mass is 10.1.